The van der Waals surface area contributed by atoms with E-state index >= 15 is 0 Å². The second-order valence-electron chi connectivity index (χ2n) is 8.88. The number of sulfonamides is 1. The van der Waals surface area contributed by atoms with Crippen LogP contribution in [0.1, 0.15) is 18.5 Å². The smallest absolute Gasteiger partial charge is 0.264 e. The van der Waals surface area contributed by atoms with E-state index in [2.05, 4.69) is 36.8 Å². The van der Waals surface area contributed by atoms with E-state index < -0.39 is 26.6 Å². The first kappa shape index (κ1) is 25.3. The molecule has 3 heterocycles. The molecule has 0 unspecified atom stereocenters. The van der Waals surface area contributed by atoms with Crippen molar-refractivity contribution in [3.05, 3.63) is 58.7 Å². The summed E-state index contributed by atoms with van der Waals surface area (Å²) in [5.41, 5.74) is 1.67. The molecule has 1 saturated heterocycles. The summed E-state index contributed by atoms with van der Waals surface area (Å²) in [5, 5.41) is 7.83. The molecule has 9 nitrogen and oxygen atoms in total. The van der Waals surface area contributed by atoms with Crippen LogP contribution in [0.25, 0.3) is 22.4 Å². The second-order valence-corrected chi connectivity index (χ2v) is 10.9. The van der Waals surface area contributed by atoms with Gasteiger partial charge in [0.25, 0.3) is 10.0 Å². The first-order chi connectivity index (χ1) is 17.6. The molecule has 0 atom stereocenters. The van der Waals surface area contributed by atoms with Gasteiger partial charge in [-0.05, 0) is 63.2 Å². The second kappa shape index (κ2) is 9.84. The molecule has 2 aromatic heterocycles. The fourth-order valence-corrected chi connectivity index (χ4v) is 5.59. The average Bonchev–Trinajstić information content (AvgIpc) is 3.24. The number of likely N-dealkylation sites (tertiary alicyclic amines) is 1. The minimum atomic E-state index is -4.44. The first-order valence-electron chi connectivity index (χ1n) is 11.5. The molecule has 4 aromatic rings. The van der Waals surface area contributed by atoms with Crippen LogP contribution < -0.4 is 9.46 Å². The Morgan fingerprint density at radius 3 is 2.62 bits per heavy atom. The number of aromatic nitrogens is 4. The fraction of sp³-hybridized carbons (Fsp3) is 0.292. The van der Waals surface area contributed by atoms with Gasteiger partial charge in [0.2, 0.25) is 5.88 Å². The summed E-state index contributed by atoms with van der Waals surface area (Å²) in [6.45, 7) is 3.67. The molecule has 0 spiro atoms. The zero-order valence-corrected chi connectivity index (χ0v) is 21.5. The predicted molar refractivity (Wildman–Crippen MR) is 135 cm³/mol. The Kier molecular flexibility index (Phi) is 6.73. The number of anilines is 1. The summed E-state index contributed by atoms with van der Waals surface area (Å²) >= 11 is 6.37. The van der Waals surface area contributed by atoms with Gasteiger partial charge in [0.1, 0.15) is 28.0 Å². The number of hydrogen-bond donors (Lipinski definition) is 2. The van der Waals surface area contributed by atoms with Gasteiger partial charge in [-0.2, -0.15) is 10.1 Å². The van der Waals surface area contributed by atoms with Gasteiger partial charge in [0, 0.05) is 18.7 Å². The molecule has 0 bridgehead atoms. The zero-order chi connectivity index (χ0) is 26.3. The lowest BCUT2D eigenvalue weighted by atomic mass is 10.1. The molecule has 37 heavy (non-hydrogen) atoms. The molecular weight excluding hydrogens is 526 g/mol. The summed E-state index contributed by atoms with van der Waals surface area (Å²) in [6, 6.07) is 6.61. The number of piperidine rings is 1. The highest BCUT2D eigenvalue weighted by Crippen LogP contribution is 2.33. The van der Waals surface area contributed by atoms with Crippen molar-refractivity contribution in [3.8, 4) is 17.3 Å². The molecule has 1 aliphatic rings. The van der Waals surface area contributed by atoms with Crippen molar-refractivity contribution in [2.24, 2.45) is 0 Å². The van der Waals surface area contributed by atoms with Crippen LogP contribution in [0.3, 0.4) is 0 Å². The Hall–Kier alpha value is -3.35. The summed E-state index contributed by atoms with van der Waals surface area (Å²) < 4.78 is 61.4. The number of benzene rings is 2. The standard InChI is InChI=1S/C24H23ClF2N6O3S/c1-13-21-23(31-30-13)28-22(29-24(21)36-16-7-9-33(2)10-8-16)14-3-6-19(17(25)11-14)32-37(34,35)20-12-15(26)4-5-18(20)27/h3-6,11-12,16,32H,7-10H2,1-2H3,(H,28,29,30,31). The van der Waals surface area contributed by atoms with Crippen LogP contribution in [-0.2, 0) is 10.0 Å². The van der Waals surface area contributed by atoms with E-state index in [1.807, 2.05) is 6.92 Å². The van der Waals surface area contributed by atoms with E-state index in [0.29, 0.717) is 40.1 Å². The number of rotatable bonds is 6. The van der Waals surface area contributed by atoms with Gasteiger partial charge in [0.15, 0.2) is 11.5 Å². The molecule has 0 radical (unpaired) electrons. The maximum absolute atomic E-state index is 14.1. The summed E-state index contributed by atoms with van der Waals surface area (Å²) in [7, 11) is -2.37. The molecule has 1 fully saturated rings. The molecule has 0 saturated carbocycles. The number of nitrogens with one attached hydrogen (secondary N) is 2. The molecule has 5 rings (SSSR count). The van der Waals surface area contributed by atoms with Crippen molar-refractivity contribution in [2.45, 2.75) is 30.8 Å². The monoisotopic (exact) mass is 548 g/mol. The summed E-state index contributed by atoms with van der Waals surface area (Å²) in [4.78, 5) is 10.6. The highest BCUT2D eigenvalue weighted by molar-refractivity contribution is 7.92. The molecular formula is C24H23ClF2N6O3S. The van der Waals surface area contributed by atoms with E-state index in [1.165, 1.54) is 12.1 Å². The van der Waals surface area contributed by atoms with Crippen molar-refractivity contribution >= 4 is 38.3 Å². The Morgan fingerprint density at radius 2 is 1.89 bits per heavy atom. The summed E-state index contributed by atoms with van der Waals surface area (Å²) in [5.74, 6) is -1.27. The third-order valence-corrected chi connectivity index (χ3v) is 7.86. The Labute approximate surface area is 216 Å². The fourth-order valence-electron chi connectivity index (χ4n) is 4.13. The molecule has 2 aromatic carbocycles. The predicted octanol–water partition coefficient (Wildman–Crippen LogP) is 4.53. The molecule has 0 aliphatic carbocycles. The highest BCUT2D eigenvalue weighted by atomic mass is 35.5. The van der Waals surface area contributed by atoms with E-state index in [4.69, 9.17) is 16.3 Å². The van der Waals surface area contributed by atoms with Gasteiger partial charge in [0.05, 0.1) is 16.4 Å². The Bertz CT molecular complexity index is 1590. The minimum Gasteiger partial charge on any atom is -0.474 e. The third-order valence-electron chi connectivity index (χ3n) is 6.17. The number of ether oxygens (including phenoxy) is 1. The lowest BCUT2D eigenvalue weighted by Gasteiger charge is -2.29. The van der Waals surface area contributed by atoms with Crippen molar-refractivity contribution in [1.82, 2.24) is 25.1 Å². The topological polar surface area (TPSA) is 113 Å². The quantitative estimate of drug-likeness (QED) is 0.364. The highest BCUT2D eigenvalue weighted by Gasteiger charge is 2.24. The van der Waals surface area contributed by atoms with Gasteiger partial charge >= 0.3 is 0 Å². The number of aromatic amines is 1. The lowest BCUT2D eigenvalue weighted by Crippen LogP contribution is -2.35. The third kappa shape index (κ3) is 5.22. The molecule has 194 valence electrons. The molecule has 13 heteroatoms. The molecule has 0 amide bonds. The molecule has 2 N–H and O–H groups in total. The van der Waals surface area contributed by atoms with Crippen molar-refractivity contribution in [1.29, 1.82) is 0 Å². The van der Waals surface area contributed by atoms with E-state index in [-0.39, 0.29) is 16.8 Å². The number of fused-ring (bicyclic) bond motifs is 1. The molecule has 1 aliphatic heterocycles. The van der Waals surface area contributed by atoms with E-state index in [1.54, 1.807) is 6.07 Å². The van der Waals surface area contributed by atoms with Gasteiger partial charge in [-0.3, -0.25) is 9.82 Å². The average molecular weight is 549 g/mol. The number of nitrogens with zero attached hydrogens (tertiary/aromatic N) is 4. The van der Waals surface area contributed by atoms with Crippen LogP contribution in [0, 0.1) is 18.6 Å². The minimum absolute atomic E-state index is 0.0000364. The number of aryl methyl sites for hydroxylation is 1. The van der Waals surface area contributed by atoms with Crippen LogP contribution in [-0.4, -0.2) is 59.7 Å². The van der Waals surface area contributed by atoms with Crippen LogP contribution in [0.2, 0.25) is 5.02 Å². The number of hydrogen-bond acceptors (Lipinski definition) is 7. The zero-order valence-electron chi connectivity index (χ0n) is 19.9. The lowest BCUT2D eigenvalue weighted by molar-refractivity contribution is 0.111. The van der Waals surface area contributed by atoms with Gasteiger partial charge < -0.3 is 9.64 Å². The van der Waals surface area contributed by atoms with Crippen LogP contribution >= 0.6 is 11.6 Å². The number of H-pyrrole nitrogens is 1. The van der Waals surface area contributed by atoms with E-state index in [0.717, 1.165) is 38.1 Å². The number of halogens is 3. The van der Waals surface area contributed by atoms with Crippen molar-refractivity contribution < 1.29 is 21.9 Å². The van der Waals surface area contributed by atoms with Crippen LogP contribution in [0.5, 0.6) is 5.88 Å². The van der Waals surface area contributed by atoms with Crippen LogP contribution in [0.4, 0.5) is 14.5 Å². The Balaban J connectivity index is 1.46. The maximum atomic E-state index is 14.1. The van der Waals surface area contributed by atoms with Crippen molar-refractivity contribution in [3.63, 3.8) is 0 Å². The van der Waals surface area contributed by atoms with Gasteiger partial charge in [-0.25, -0.2) is 22.2 Å². The normalized spacial score (nSPS) is 15.3. The van der Waals surface area contributed by atoms with Gasteiger partial charge in [-0.1, -0.05) is 11.6 Å². The Morgan fingerprint density at radius 1 is 1.14 bits per heavy atom. The summed E-state index contributed by atoms with van der Waals surface area (Å²) in [6.07, 6.45) is 1.72. The maximum Gasteiger partial charge on any atom is 0.264 e. The SMILES string of the molecule is Cc1n[nH]c2nc(-c3ccc(NS(=O)(=O)c4cc(F)ccc4F)c(Cl)c3)nc(OC3CCN(C)CC3)c12. The van der Waals surface area contributed by atoms with Crippen molar-refractivity contribution in [2.75, 3.05) is 24.9 Å². The van der Waals surface area contributed by atoms with Gasteiger partial charge in [-0.15, -0.1) is 0 Å². The van der Waals surface area contributed by atoms with E-state index in [9.17, 15) is 17.2 Å². The first-order valence-corrected chi connectivity index (χ1v) is 13.3. The largest absolute Gasteiger partial charge is 0.474 e. The van der Waals surface area contributed by atoms with Crippen LogP contribution in [0.15, 0.2) is 41.3 Å².